The molecule has 78 valence electrons. The lowest BCUT2D eigenvalue weighted by Gasteiger charge is -2.41. The normalized spacial score (nSPS) is 19.6. The van der Waals surface area contributed by atoms with Crippen LogP contribution in [0, 0.1) is 0 Å². The Morgan fingerprint density at radius 3 is 2.86 bits per heavy atom. The van der Waals surface area contributed by atoms with Crippen molar-refractivity contribution < 1.29 is 0 Å². The summed E-state index contributed by atoms with van der Waals surface area (Å²) in [6, 6.07) is 2.19. The second-order valence-electron chi connectivity index (χ2n) is 4.52. The summed E-state index contributed by atoms with van der Waals surface area (Å²) < 4.78 is 0. The molecule has 1 fully saturated rings. The van der Waals surface area contributed by atoms with Gasteiger partial charge in [-0.3, -0.25) is 0 Å². The third-order valence-corrected chi connectivity index (χ3v) is 3.70. The molecule has 0 aliphatic heterocycles. The van der Waals surface area contributed by atoms with Crippen LogP contribution in [0.5, 0.6) is 0 Å². The Bertz CT molecular complexity index is 277. The van der Waals surface area contributed by atoms with Crippen molar-refractivity contribution >= 4 is 11.3 Å². The Balaban J connectivity index is 1.81. The molecule has 0 saturated heterocycles. The third kappa shape index (κ3) is 2.35. The van der Waals surface area contributed by atoms with E-state index in [1.54, 1.807) is 11.3 Å². The molecule has 0 spiro atoms. The highest BCUT2D eigenvalue weighted by atomic mass is 32.1. The van der Waals surface area contributed by atoms with Crippen LogP contribution in [0.15, 0.2) is 16.8 Å². The number of likely N-dealkylation sites (N-methyl/N-ethyl adjacent to an activating group) is 1. The van der Waals surface area contributed by atoms with Crippen molar-refractivity contribution in [2.24, 2.45) is 5.73 Å². The largest absolute Gasteiger partial charge is 0.324 e. The second-order valence-corrected chi connectivity index (χ2v) is 5.30. The number of hydrogen-bond donors (Lipinski definition) is 1. The lowest BCUT2D eigenvalue weighted by atomic mass is 9.77. The Hall–Kier alpha value is -0.380. The molecule has 14 heavy (non-hydrogen) atoms. The molecule has 0 bridgehead atoms. The van der Waals surface area contributed by atoms with Crippen LogP contribution in [-0.4, -0.2) is 24.0 Å². The summed E-state index contributed by atoms with van der Waals surface area (Å²) in [7, 11) is 2.16. The van der Waals surface area contributed by atoms with E-state index in [0.29, 0.717) is 0 Å². The van der Waals surface area contributed by atoms with Crippen LogP contribution in [0.4, 0.5) is 0 Å². The van der Waals surface area contributed by atoms with Gasteiger partial charge in [0.25, 0.3) is 0 Å². The molecule has 3 heteroatoms. The summed E-state index contributed by atoms with van der Waals surface area (Å²) in [5, 5.41) is 4.34. The van der Waals surface area contributed by atoms with Crippen LogP contribution in [-0.2, 0) is 6.54 Å². The molecule has 0 unspecified atom stereocenters. The number of nitrogens with two attached hydrogens (primary N) is 1. The Morgan fingerprint density at radius 1 is 1.57 bits per heavy atom. The fourth-order valence-corrected chi connectivity index (χ4v) is 2.74. The van der Waals surface area contributed by atoms with E-state index in [4.69, 9.17) is 5.73 Å². The van der Waals surface area contributed by atoms with Gasteiger partial charge in [-0.25, -0.2) is 0 Å². The van der Waals surface area contributed by atoms with Gasteiger partial charge in [-0.05, 0) is 48.7 Å². The van der Waals surface area contributed by atoms with E-state index in [-0.39, 0.29) is 5.54 Å². The molecular weight excluding hydrogens is 192 g/mol. The summed E-state index contributed by atoms with van der Waals surface area (Å²) in [6.45, 7) is 2.06. The summed E-state index contributed by atoms with van der Waals surface area (Å²) in [4.78, 5) is 2.33. The van der Waals surface area contributed by atoms with E-state index in [0.717, 1.165) is 13.1 Å². The zero-order valence-corrected chi connectivity index (χ0v) is 9.52. The fourth-order valence-electron chi connectivity index (χ4n) is 2.08. The first-order valence-electron chi connectivity index (χ1n) is 5.16. The van der Waals surface area contributed by atoms with Gasteiger partial charge >= 0.3 is 0 Å². The van der Waals surface area contributed by atoms with Gasteiger partial charge in [-0.1, -0.05) is 0 Å². The predicted octanol–water partition coefficient (Wildman–Crippen LogP) is 2.06. The number of thiophene rings is 1. The van der Waals surface area contributed by atoms with Crippen LogP contribution in [0.3, 0.4) is 0 Å². The predicted molar refractivity (Wildman–Crippen MR) is 61.4 cm³/mol. The van der Waals surface area contributed by atoms with Gasteiger partial charge < -0.3 is 10.6 Å². The first-order chi connectivity index (χ1) is 6.68. The van der Waals surface area contributed by atoms with E-state index in [9.17, 15) is 0 Å². The molecule has 0 radical (unpaired) electrons. The molecule has 1 aliphatic carbocycles. The van der Waals surface area contributed by atoms with Gasteiger partial charge in [0.15, 0.2) is 0 Å². The van der Waals surface area contributed by atoms with Gasteiger partial charge in [0, 0.05) is 18.6 Å². The molecule has 1 aromatic heterocycles. The molecule has 1 heterocycles. The van der Waals surface area contributed by atoms with Crippen LogP contribution in [0.2, 0.25) is 0 Å². The fraction of sp³-hybridized carbons (Fsp3) is 0.636. The lowest BCUT2D eigenvalue weighted by Crippen LogP contribution is -2.54. The summed E-state index contributed by atoms with van der Waals surface area (Å²) in [5.74, 6) is 0. The lowest BCUT2D eigenvalue weighted by molar-refractivity contribution is 0.161. The number of nitrogens with zero attached hydrogens (tertiary/aromatic N) is 1. The van der Waals surface area contributed by atoms with Gasteiger partial charge in [-0.2, -0.15) is 11.3 Å². The van der Waals surface area contributed by atoms with Gasteiger partial charge in [0.05, 0.1) is 0 Å². The molecule has 1 aliphatic rings. The maximum absolute atomic E-state index is 6.19. The van der Waals surface area contributed by atoms with Crippen LogP contribution in [0.25, 0.3) is 0 Å². The molecular formula is C11H18N2S. The summed E-state index contributed by atoms with van der Waals surface area (Å²) >= 11 is 1.76. The standard InChI is InChI=1S/C11H18N2S/c1-13(7-10-3-6-14-8-10)9-11(12)4-2-5-11/h3,6,8H,2,4-5,7,9,12H2,1H3. The smallest absolute Gasteiger partial charge is 0.0283 e. The van der Waals surface area contributed by atoms with Crippen LogP contribution < -0.4 is 5.73 Å². The molecule has 0 amide bonds. The maximum atomic E-state index is 6.19. The summed E-state index contributed by atoms with van der Waals surface area (Å²) in [5.41, 5.74) is 7.71. The molecule has 1 saturated carbocycles. The highest BCUT2D eigenvalue weighted by molar-refractivity contribution is 7.07. The zero-order chi connectivity index (χ0) is 10.0. The molecule has 1 aromatic rings. The van der Waals surface area contributed by atoms with Crippen molar-refractivity contribution in [2.45, 2.75) is 31.3 Å². The van der Waals surface area contributed by atoms with Gasteiger partial charge in [0.2, 0.25) is 0 Å². The van der Waals surface area contributed by atoms with Crippen molar-refractivity contribution in [2.75, 3.05) is 13.6 Å². The monoisotopic (exact) mass is 210 g/mol. The molecule has 0 aromatic carbocycles. The van der Waals surface area contributed by atoms with Crippen molar-refractivity contribution in [1.82, 2.24) is 4.90 Å². The van der Waals surface area contributed by atoms with Crippen molar-refractivity contribution in [1.29, 1.82) is 0 Å². The van der Waals surface area contributed by atoms with E-state index in [1.165, 1.54) is 24.8 Å². The maximum Gasteiger partial charge on any atom is 0.0283 e. The second kappa shape index (κ2) is 4.01. The number of rotatable bonds is 4. The minimum Gasteiger partial charge on any atom is -0.324 e. The zero-order valence-electron chi connectivity index (χ0n) is 8.70. The van der Waals surface area contributed by atoms with Crippen molar-refractivity contribution in [3.8, 4) is 0 Å². The minimum atomic E-state index is 0.116. The minimum absolute atomic E-state index is 0.116. The molecule has 2 nitrogen and oxygen atoms in total. The van der Waals surface area contributed by atoms with E-state index < -0.39 is 0 Å². The van der Waals surface area contributed by atoms with Gasteiger partial charge in [-0.15, -0.1) is 0 Å². The topological polar surface area (TPSA) is 29.3 Å². The Kier molecular flexibility index (Phi) is 2.91. The van der Waals surface area contributed by atoms with Crippen molar-refractivity contribution in [3.63, 3.8) is 0 Å². The van der Waals surface area contributed by atoms with Crippen LogP contribution in [0.1, 0.15) is 24.8 Å². The quantitative estimate of drug-likeness (QED) is 0.824. The first-order valence-corrected chi connectivity index (χ1v) is 6.11. The first kappa shape index (κ1) is 10.1. The molecule has 0 atom stereocenters. The molecule has 2 N–H and O–H groups in total. The number of hydrogen-bond acceptors (Lipinski definition) is 3. The average Bonchev–Trinajstić information content (AvgIpc) is 2.53. The Morgan fingerprint density at radius 2 is 2.36 bits per heavy atom. The highest BCUT2D eigenvalue weighted by Gasteiger charge is 2.33. The molecule has 2 rings (SSSR count). The van der Waals surface area contributed by atoms with Gasteiger partial charge in [0.1, 0.15) is 0 Å². The van der Waals surface area contributed by atoms with E-state index in [2.05, 4.69) is 28.8 Å². The highest BCUT2D eigenvalue weighted by Crippen LogP contribution is 2.29. The Labute approximate surface area is 89.7 Å². The van der Waals surface area contributed by atoms with Crippen LogP contribution >= 0.6 is 11.3 Å². The third-order valence-electron chi connectivity index (χ3n) is 2.97. The van der Waals surface area contributed by atoms with E-state index >= 15 is 0 Å². The van der Waals surface area contributed by atoms with Crippen molar-refractivity contribution in [3.05, 3.63) is 22.4 Å². The summed E-state index contributed by atoms with van der Waals surface area (Å²) in [6.07, 6.45) is 3.70. The SMILES string of the molecule is CN(Cc1ccsc1)CC1(N)CCC1. The van der Waals surface area contributed by atoms with E-state index in [1.807, 2.05) is 0 Å². The average molecular weight is 210 g/mol.